The second kappa shape index (κ2) is 7.16. The zero-order chi connectivity index (χ0) is 21.7. The zero-order valence-electron chi connectivity index (χ0n) is 17.4. The molecule has 8 heteroatoms. The number of ether oxygens (including phenoxy) is 1. The van der Waals surface area contributed by atoms with Crippen molar-refractivity contribution < 1.29 is 14.1 Å². The first-order chi connectivity index (χ1) is 15.0. The smallest absolute Gasteiger partial charge is 0.327 e. The minimum Gasteiger partial charge on any atom is -0.475 e. The Kier molecular flexibility index (Phi) is 4.43. The number of hydrogen-bond donors (Lipinski definition) is 2. The summed E-state index contributed by atoms with van der Waals surface area (Å²) in [4.78, 5) is 29.1. The Hall–Kier alpha value is -3.81. The van der Waals surface area contributed by atoms with E-state index >= 15 is 0 Å². The van der Waals surface area contributed by atoms with Crippen LogP contribution in [0.2, 0.25) is 0 Å². The van der Waals surface area contributed by atoms with Crippen LogP contribution in [0, 0.1) is 13.8 Å². The van der Waals surface area contributed by atoms with Gasteiger partial charge in [0, 0.05) is 12.1 Å². The third kappa shape index (κ3) is 2.86. The molecule has 2 atom stereocenters. The van der Waals surface area contributed by atoms with Gasteiger partial charge in [-0.2, -0.15) is 0 Å². The number of aromatic nitrogens is 3. The minimum absolute atomic E-state index is 0.281. The molecule has 0 aliphatic carbocycles. The highest BCUT2D eigenvalue weighted by molar-refractivity contribution is 5.94. The summed E-state index contributed by atoms with van der Waals surface area (Å²) < 4.78 is 13.4. The predicted octanol–water partition coefficient (Wildman–Crippen LogP) is 3.09. The fourth-order valence-electron chi connectivity index (χ4n) is 4.41. The molecule has 8 nitrogen and oxygen atoms in total. The maximum absolute atomic E-state index is 13.1. The van der Waals surface area contributed by atoms with E-state index in [0.717, 1.165) is 16.7 Å². The minimum atomic E-state index is -0.923. The Morgan fingerprint density at radius 1 is 1.19 bits per heavy atom. The van der Waals surface area contributed by atoms with E-state index in [2.05, 4.69) is 15.5 Å². The van der Waals surface area contributed by atoms with E-state index in [-0.39, 0.29) is 11.6 Å². The van der Waals surface area contributed by atoms with Crippen molar-refractivity contribution in [3.8, 4) is 16.9 Å². The number of carbonyl (C=O) groups excluding carboxylic acids is 1. The summed E-state index contributed by atoms with van der Waals surface area (Å²) in [5.41, 5.74) is 4.03. The van der Waals surface area contributed by atoms with Crippen LogP contribution in [0.4, 0.5) is 0 Å². The largest absolute Gasteiger partial charge is 0.475 e. The number of aromatic amines is 1. The van der Waals surface area contributed by atoms with Crippen LogP contribution < -0.4 is 15.7 Å². The summed E-state index contributed by atoms with van der Waals surface area (Å²) in [5.74, 6) is 0.825. The number of carbonyl (C=O) groups is 1. The van der Waals surface area contributed by atoms with Gasteiger partial charge in [-0.3, -0.25) is 9.36 Å². The molecule has 0 spiro atoms. The Bertz CT molecular complexity index is 1330. The molecule has 1 unspecified atom stereocenters. The molecule has 1 aliphatic heterocycles. The van der Waals surface area contributed by atoms with Crippen LogP contribution in [0.5, 0.6) is 5.75 Å². The second-order valence-corrected chi connectivity index (χ2v) is 7.63. The summed E-state index contributed by atoms with van der Waals surface area (Å²) in [5, 5.41) is 6.90. The number of likely N-dealkylation sites (N-methyl/N-ethyl adjacent to an activating group) is 1. The van der Waals surface area contributed by atoms with Crippen LogP contribution in [0.1, 0.15) is 30.0 Å². The molecule has 3 heterocycles. The Balaban J connectivity index is 1.83. The lowest BCUT2D eigenvalue weighted by Crippen LogP contribution is -2.48. The van der Waals surface area contributed by atoms with Gasteiger partial charge in [-0.15, -0.1) is 0 Å². The van der Waals surface area contributed by atoms with E-state index in [1.165, 1.54) is 0 Å². The number of nitrogens with zero attached hydrogens (tertiary/aromatic N) is 2. The van der Waals surface area contributed by atoms with E-state index in [1.54, 1.807) is 4.57 Å². The van der Waals surface area contributed by atoms with E-state index in [9.17, 15) is 9.59 Å². The lowest BCUT2D eigenvalue weighted by molar-refractivity contribution is -0.129. The third-order valence-corrected chi connectivity index (χ3v) is 5.70. The lowest BCUT2D eigenvalue weighted by Gasteiger charge is -2.33. The second-order valence-electron chi connectivity index (χ2n) is 7.63. The predicted molar refractivity (Wildman–Crippen MR) is 115 cm³/mol. The first-order valence-electron chi connectivity index (χ1n) is 10.2. The van der Waals surface area contributed by atoms with Gasteiger partial charge < -0.3 is 19.6 Å². The molecule has 1 aliphatic rings. The Morgan fingerprint density at radius 2 is 1.97 bits per heavy atom. The average molecular weight is 418 g/mol. The lowest BCUT2D eigenvalue weighted by atomic mass is 9.96. The summed E-state index contributed by atoms with van der Waals surface area (Å²) >= 11 is 0. The fourth-order valence-corrected chi connectivity index (χ4v) is 4.41. The normalized spacial score (nSPS) is 17.5. The molecule has 158 valence electrons. The first kappa shape index (κ1) is 19.2. The molecule has 0 saturated heterocycles. The molecule has 1 amide bonds. The number of amides is 1. The van der Waals surface area contributed by atoms with Gasteiger partial charge in [-0.25, -0.2) is 4.79 Å². The molecule has 0 fully saturated rings. The van der Waals surface area contributed by atoms with Gasteiger partial charge in [0.15, 0.2) is 5.75 Å². The van der Waals surface area contributed by atoms with Crippen molar-refractivity contribution in [1.82, 2.24) is 20.0 Å². The number of hydrogen-bond acceptors (Lipinski definition) is 5. The van der Waals surface area contributed by atoms with E-state index in [1.807, 2.05) is 63.2 Å². The molecule has 2 aromatic carbocycles. The molecule has 2 N–H and O–H groups in total. The van der Waals surface area contributed by atoms with E-state index < -0.39 is 12.1 Å². The van der Waals surface area contributed by atoms with Crippen LogP contribution in [0.3, 0.4) is 0 Å². The van der Waals surface area contributed by atoms with Crippen LogP contribution in [-0.2, 0) is 4.79 Å². The van der Waals surface area contributed by atoms with Crippen molar-refractivity contribution in [2.75, 3.05) is 6.54 Å². The van der Waals surface area contributed by atoms with Gasteiger partial charge in [0.2, 0.25) is 6.10 Å². The molecule has 31 heavy (non-hydrogen) atoms. The summed E-state index contributed by atoms with van der Waals surface area (Å²) in [6, 6.07) is 12.6. The van der Waals surface area contributed by atoms with Gasteiger partial charge in [0.25, 0.3) is 5.91 Å². The van der Waals surface area contributed by atoms with Gasteiger partial charge in [-0.1, -0.05) is 35.5 Å². The number of H-pyrrole nitrogens is 1. The van der Waals surface area contributed by atoms with E-state index in [0.29, 0.717) is 34.8 Å². The number of rotatable bonds is 4. The third-order valence-electron chi connectivity index (χ3n) is 5.70. The van der Waals surface area contributed by atoms with Gasteiger partial charge in [0.1, 0.15) is 17.3 Å². The first-order valence-corrected chi connectivity index (χ1v) is 10.2. The quantitative estimate of drug-likeness (QED) is 0.530. The fraction of sp³-hybridized carbons (Fsp3) is 0.261. The highest BCUT2D eigenvalue weighted by atomic mass is 16.5. The zero-order valence-corrected chi connectivity index (χ0v) is 17.4. The van der Waals surface area contributed by atoms with Crippen LogP contribution in [0.15, 0.2) is 51.8 Å². The molecule has 0 bridgehead atoms. The van der Waals surface area contributed by atoms with Crippen LogP contribution in [-0.4, -0.2) is 33.3 Å². The number of aryl methyl sites for hydroxylation is 2. The standard InChI is InChI=1S/C23H22N4O4/c1-4-24-22(28)21-18(14-8-6-5-7-9-14)27-19-16(25-23(27)29)11-10-15(20(19)30-21)17-12(2)26-31-13(17)3/h5-11,18,21H,4H2,1-3H3,(H,24,28)(H,25,29)/t18?,21-/m1/s1. The number of nitrogens with one attached hydrogen (secondary N) is 2. The van der Waals surface area contributed by atoms with Crippen LogP contribution in [0.25, 0.3) is 22.2 Å². The van der Waals surface area contributed by atoms with Crippen molar-refractivity contribution >= 4 is 16.9 Å². The van der Waals surface area contributed by atoms with Crippen molar-refractivity contribution in [2.24, 2.45) is 0 Å². The van der Waals surface area contributed by atoms with Gasteiger partial charge in [-0.05, 0) is 38.5 Å². The molecular weight excluding hydrogens is 396 g/mol. The van der Waals surface area contributed by atoms with Crippen molar-refractivity contribution in [1.29, 1.82) is 0 Å². The molecule has 0 radical (unpaired) electrons. The SMILES string of the molecule is CCNC(=O)[C@@H]1Oc2c(-c3c(C)noc3C)ccc3[nH]c(=O)n(c23)C1c1ccccc1. The Labute approximate surface area is 177 Å². The highest BCUT2D eigenvalue weighted by Gasteiger charge is 2.41. The number of benzene rings is 2. The highest BCUT2D eigenvalue weighted by Crippen LogP contribution is 2.44. The van der Waals surface area contributed by atoms with Crippen molar-refractivity contribution in [3.63, 3.8) is 0 Å². The maximum atomic E-state index is 13.1. The Morgan fingerprint density at radius 3 is 2.65 bits per heavy atom. The summed E-state index contributed by atoms with van der Waals surface area (Å²) in [7, 11) is 0. The van der Waals surface area contributed by atoms with Crippen LogP contribution >= 0.6 is 0 Å². The summed E-state index contributed by atoms with van der Waals surface area (Å²) in [6.07, 6.45) is -0.923. The average Bonchev–Trinajstić information content (AvgIpc) is 3.28. The monoisotopic (exact) mass is 418 g/mol. The van der Waals surface area contributed by atoms with Gasteiger partial charge >= 0.3 is 5.69 Å². The molecule has 5 rings (SSSR count). The molecule has 4 aromatic rings. The molecule has 0 saturated carbocycles. The summed E-state index contributed by atoms with van der Waals surface area (Å²) in [6.45, 7) is 5.98. The molecular formula is C23H22N4O4. The van der Waals surface area contributed by atoms with Crippen molar-refractivity contribution in [3.05, 3.63) is 70.0 Å². The number of imidazole rings is 1. The maximum Gasteiger partial charge on any atom is 0.327 e. The van der Waals surface area contributed by atoms with Crippen molar-refractivity contribution in [2.45, 2.75) is 32.9 Å². The van der Waals surface area contributed by atoms with E-state index in [4.69, 9.17) is 9.26 Å². The topological polar surface area (TPSA) is 102 Å². The van der Waals surface area contributed by atoms with Gasteiger partial charge in [0.05, 0.1) is 16.8 Å². The molecule has 2 aromatic heterocycles.